The number of aromatic carboxylic acids is 1. The molecule has 0 aromatic carbocycles. The Balaban J connectivity index is 2.99. The molecule has 1 unspecified atom stereocenters. The Morgan fingerprint density at radius 2 is 2.31 bits per heavy atom. The molecule has 16 heavy (non-hydrogen) atoms. The normalized spacial score (nSPS) is 13.3. The molecule has 0 aliphatic heterocycles. The number of sulfonamides is 1. The molecule has 0 saturated carbocycles. The predicted octanol–water partition coefficient (Wildman–Crippen LogP) is 0.566. The highest BCUT2D eigenvalue weighted by Crippen LogP contribution is 2.11. The summed E-state index contributed by atoms with van der Waals surface area (Å²) in [5, 5.41) is 8.63. The van der Waals surface area contributed by atoms with Gasteiger partial charge in [-0.2, -0.15) is 0 Å². The molecule has 1 rings (SSSR count). The summed E-state index contributed by atoms with van der Waals surface area (Å²) in [5.74, 6) is -1.21. The average molecular weight is 244 g/mol. The van der Waals surface area contributed by atoms with Crippen molar-refractivity contribution in [3.63, 3.8) is 0 Å². The maximum atomic E-state index is 11.7. The Labute approximate surface area is 93.0 Å². The van der Waals surface area contributed by atoms with Crippen molar-refractivity contribution in [1.29, 1.82) is 0 Å². The zero-order valence-corrected chi connectivity index (χ0v) is 9.41. The standard InChI is InChI=1S/C9H12N2O4S/c1-3-6(2)11-16(14,15)7-4-8(9(12)13)10-5-7/h3-6,10-11H,1H2,2H3,(H,12,13). The van der Waals surface area contributed by atoms with Crippen molar-refractivity contribution in [3.05, 3.63) is 30.6 Å². The van der Waals surface area contributed by atoms with E-state index in [9.17, 15) is 13.2 Å². The van der Waals surface area contributed by atoms with Crippen LogP contribution in [0.5, 0.6) is 0 Å². The van der Waals surface area contributed by atoms with E-state index in [0.717, 1.165) is 12.3 Å². The maximum absolute atomic E-state index is 11.7. The van der Waals surface area contributed by atoms with Crippen molar-refractivity contribution in [1.82, 2.24) is 9.71 Å². The molecular formula is C9H12N2O4S. The van der Waals surface area contributed by atoms with E-state index in [4.69, 9.17) is 5.11 Å². The number of aromatic amines is 1. The molecule has 6 nitrogen and oxygen atoms in total. The van der Waals surface area contributed by atoms with Crippen molar-refractivity contribution in [2.45, 2.75) is 17.9 Å². The van der Waals surface area contributed by atoms with Crippen LogP contribution in [-0.2, 0) is 10.0 Å². The minimum absolute atomic E-state index is 0.112. The third-order valence-electron chi connectivity index (χ3n) is 1.89. The summed E-state index contributed by atoms with van der Waals surface area (Å²) in [7, 11) is -3.70. The van der Waals surface area contributed by atoms with E-state index in [0.29, 0.717) is 0 Å². The minimum atomic E-state index is -3.70. The van der Waals surface area contributed by atoms with Crippen LogP contribution in [0.2, 0.25) is 0 Å². The highest BCUT2D eigenvalue weighted by atomic mass is 32.2. The molecule has 1 aromatic rings. The largest absolute Gasteiger partial charge is 0.477 e. The topological polar surface area (TPSA) is 99.3 Å². The molecular weight excluding hydrogens is 232 g/mol. The third kappa shape index (κ3) is 2.71. The van der Waals surface area contributed by atoms with Crippen molar-refractivity contribution < 1.29 is 18.3 Å². The number of hydrogen-bond donors (Lipinski definition) is 3. The summed E-state index contributed by atoms with van der Waals surface area (Å²) in [6.07, 6.45) is 2.56. The van der Waals surface area contributed by atoms with Crippen LogP contribution in [0.3, 0.4) is 0 Å². The first-order valence-corrected chi connectivity index (χ1v) is 5.91. The van der Waals surface area contributed by atoms with E-state index < -0.39 is 22.0 Å². The van der Waals surface area contributed by atoms with Gasteiger partial charge >= 0.3 is 5.97 Å². The number of hydrogen-bond acceptors (Lipinski definition) is 3. The molecule has 0 fully saturated rings. The molecule has 88 valence electrons. The fourth-order valence-electron chi connectivity index (χ4n) is 1.01. The SMILES string of the molecule is C=CC(C)NS(=O)(=O)c1c[nH]c(C(=O)O)c1. The molecule has 0 aliphatic carbocycles. The highest BCUT2D eigenvalue weighted by Gasteiger charge is 2.19. The molecule has 1 aromatic heterocycles. The monoisotopic (exact) mass is 244 g/mol. The Hall–Kier alpha value is -1.60. The van der Waals surface area contributed by atoms with Gasteiger partial charge in [0, 0.05) is 12.2 Å². The number of nitrogens with one attached hydrogen (secondary N) is 2. The lowest BCUT2D eigenvalue weighted by atomic mass is 10.4. The zero-order valence-electron chi connectivity index (χ0n) is 8.60. The zero-order chi connectivity index (χ0) is 12.3. The lowest BCUT2D eigenvalue weighted by Crippen LogP contribution is -2.30. The first-order chi connectivity index (χ1) is 7.36. The van der Waals surface area contributed by atoms with Gasteiger partial charge in [0.15, 0.2) is 0 Å². The summed E-state index contributed by atoms with van der Waals surface area (Å²) in [6, 6.07) is 0.633. The first-order valence-electron chi connectivity index (χ1n) is 4.43. The van der Waals surface area contributed by atoms with Crippen LogP contribution in [0.25, 0.3) is 0 Å². The highest BCUT2D eigenvalue weighted by molar-refractivity contribution is 7.89. The second-order valence-electron chi connectivity index (χ2n) is 3.20. The van der Waals surface area contributed by atoms with Gasteiger partial charge < -0.3 is 10.1 Å². The van der Waals surface area contributed by atoms with Gasteiger partial charge in [-0.25, -0.2) is 17.9 Å². The second-order valence-corrected chi connectivity index (χ2v) is 4.91. The van der Waals surface area contributed by atoms with E-state index in [1.54, 1.807) is 6.92 Å². The summed E-state index contributed by atoms with van der Waals surface area (Å²) in [4.78, 5) is 12.8. The molecule has 3 N–H and O–H groups in total. The first kappa shape index (κ1) is 12.5. The van der Waals surface area contributed by atoms with E-state index >= 15 is 0 Å². The number of carbonyl (C=O) groups is 1. The molecule has 0 amide bonds. The molecule has 0 saturated heterocycles. The van der Waals surface area contributed by atoms with Gasteiger partial charge in [0.2, 0.25) is 10.0 Å². The van der Waals surface area contributed by atoms with Crippen LogP contribution in [0.4, 0.5) is 0 Å². The Kier molecular flexibility index (Phi) is 3.51. The van der Waals surface area contributed by atoms with Gasteiger partial charge in [0.05, 0.1) is 0 Å². The molecule has 0 spiro atoms. The van der Waals surface area contributed by atoms with E-state index in [-0.39, 0.29) is 10.6 Å². The van der Waals surface area contributed by atoms with Crippen LogP contribution < -0.4 is 4.72 Å². The number of H-pyrrole nitrogens is 1. The van der Waals surface area contributed by atoms with Crippen LogP contribution in [-0.4, -0.2) is 30.5 Å². The van der Waals surface area contributed by atoms with Crippen LogP contribution in [0.1, 0.15) is 17.4 Å². The smallest absolute Gasteiger partial charge is 0.352 e. The molecule has 0 aliphatic rings. The summed E-state index contributed by atoms with van der Waals surface area (Å²) in [5.41, 5.74) is -0.174. The molecule has 1 heterocycles. The van der Waals surface area contributed by atoms with Gasteiger partial charge in [-0.1, -0.05) is 6.08 Å². The Morgan fingerprint density at radius 1 is 1.69 bits per heavy atom. The van der Waals surface area contributed by atoms with Crippen molar-refractivity contribution >= 4 is 16.0 Å². The Bertz CT molecular complexity index is 503. The van der Waals surface area contributed by atoms with Gasteiger partial charge in [0.25, 0.3) is 0 Å². The average Bonchev–Trinajstić information content (AvgIpc) is 2.66. The van der Waals surface area contributed by atoms with E-state index in [1.807, 2.05) is 0 Å². The van der Waals surface area contributed by atoms with Gasteiger partial charge in [-0.3, -0.25) is 0 Å². The van der Waals surface area contributed by atoms with Crippen LogP contribution in [0.15, 0.2) is 29.8 Å². The Morgan fingerprint density at radius 3 is 2.75 bits per heavy atom. The fourth-order valence-corrected chi connectivity index (χ4v) is 2.22. The minimum Gasteiger partial charge on any atom is -0.477 e. The van der Waals surface area contributed by atoms with E-state index in [1.165, 1.54) is 6.08 Å². The van der Waals surface area contributed by atoms with Crippen LogP contribution >= 0.6 is 0 Å². The number of rotatable bonds is 5. The van der Waals surface area contributed by atoms with E-state index in [2.05, 4.69) is 16.3 Å². The molecule has 1 atom stereocenters. The molecule has 0 bridgehead atoms. The van der Waals surface area contributed by atoms with Crippen molar-refractivity contribution in [2.75, 3.05) is 0 Å². The predicted molar refractivity (Wildman–Crippen MR) is 57.7 cm³/mol. The number of aromatic nitrogens is 1. The maximum Gasteiger partial charge on any atom is 0.352 e. The summed E-state index contributed by atoms with van der Waals surface area (Å²) in [6.45, 7) is 5.06. The van der Waals surface area contributed by atoms with Gasteiger partial charge in [0.1, 0.15) is 10.6 Å². The fraction of sp³-hybridized carbons (Fsp3) is 0.222. The van der Waals surface area contributed by atoms with Crippen molar-refractivity contribution in [3.8, 4) is 0 Å². The molecule has 7 heteroatoms. The van der Waals surface area contributed by atoms with Crippen molar-refractivity contribution in [2.24, 2.45) is 0 Å². The number of carboxylic acids is 1. The van der Waals surface area contributed by atoms with Gasteiger partial charge in [-0.05, 0) is 13.0 Å². The van der Waals surface area contributed by atoms with Gasteiger partial charge in [-0.15, -0.1) is 6.58 Å². The molecule has 0 radical (unpaired) electrons. The number of carboxylic acid groups (broad SMARTS) is 1. The van der Waals surface area contributed by atoms with Crippen LogP contribution in [0, 0.1) is 0 Å². The second kappa shape index (κ2) is 4.50. The summed E-state index contributed by atoms with van der Waals surface area (Å²) >= 11 is 0. The quantitative estimate of drug-likeness (QED) is 0.659. The third-order valence-corrected chi connectivity index (χ3v) is 3.43. The summed E-state index contributed by atoms with van der Waals surface area (Å²) < 4.78 is 25.6. The lowest BCUT2D eigenvalue weighted by molar-refractivity contribution is 0.0691. The lowest BCUT2D eigenvalue weighted by Gasteiger charge is -2.07.